The Labute approximate surface area is 377 Å². The van der Waals surface area contributed by atoms with Gasteiger partial charge in [-0.3, -0.25) is 19.5 Å². The second-order valence-electron chi connectivity index (χ2n) is 17.4. The van der Waals surface area contributed by atoms with Crippen LogP contribution >= 0.6 is 31.9 Å². The lowest BCUT2D eigenvalue weighted by Gasteiger charge is -2.32. The molecule has 18 heteroatoms. The summed E-state index contributed by atoms with van der Waals surface area (Å²) in [4.78, 5) is 59.6. The zero-order chi connectivity index (χ0) is 45.6. The van der Waals surface area contributed by atoms with Gasteiger partial charge in [0.05, 0.1) is 27.8 Å². The van der Waals surface area contributed by atoms with Crippen LogP contribution in [0.4, 0.5) is 9.59 Å². The molecule has 0 spiro atoms. The number of H-pyrrole nitrogens is 1. The Morgan fingerprint density at radius 3 is 1.47 bits per heavy atom. The fourth-order valence-corrected chi connectivity index (χ4v) is 6.72. The maximum absolute atomic E-state index is 12.7. The molecule has 0 bridgehead atoms. The van der Waals surface area contributed by atoms with E-state index >= 15 is 0 Å². The van der Waals surface area contributed by atoms with Crippen LogP contribution in [0.2, 0.25) is 0 Å². The van der Waals surface area contributed by atoms with E-state index in [1.165, 1.54) is 20.8 Å². The Morgan fingerprint density at radius 2 is 1.03 bits per heavy atom. The van der Waals surface area contributed by atoms with Crippen molar-refractivity contribution in [2.45, 2.75) is 120 Å². The van der Waals surface area contributed by atoms with Crippen LogP contribution in [-0.2, 0) is 18.8 Å². The van der Waals surface area contributed by atoms with Gasteiger partial charge >= 0.3 is 19.3 Å². The Morgan fingerprint density at radius 1 is 0.629 bits per heavy atom. The number of benzene rings is 3. The topological polar surface area (TPSA) is 187 Å². The Kier molecular flexibility index (Phi) is 14.7. The molecule has 0 amide bonds. The molecule has 6 aromatic rings. The number of hydrogen-bond acceptors (Lipinski definition) is 12. The molecule has 0 unspecified atom stereocenters. The van der Waals surface area contributed by atoms with Crippen molar-refractivity contribution in [3.8, 4) is 0 Å². The SMILES string of the molecule is C.CC(=O)c1n[nH]c2cc(Br)ccc12.CC(=O)c1nn(C(=O)OC(C)(C)C)c2cc(B3OC(C)(C)C(C)(C)O3)ccc12.CC(=O)c1nn(C(=O)OC(C)(C)C)c2cc(Br)ccc12. The maximum Gasteiger partial charge on any atom is 0.494 e. The normalized spacial score (nSPS) is 14.3. The van der Waals surface area contributed by atoms with Gasteiger partial charge < -0.3 is 18.8 Å². The van der Waals surface area contributed by atoms with Crippen LogP contribution in [0.3, 0.4) is 0 Å². The summed E-state index contributed by atoms with van der Waals surface area (Å²) in [5.41, 5.74) is 1.34. The third kappa shape index (κ3) is 11.1. The van der Waals surface area contributed by atoms with Gasteiger partial charge in [0.25, 0.3) is 0 Å². The first kappa shape index (κ1) is 49.6. The zero-order valence-corrected chi connectivity index (χ0v) is 39.6. The Hall–Kier alpha value is -5.04. The molecule has 1 aliphatic rings. The first-order chi connectivity index (χ1) is 28.1. The highest BCUT2D eigenvalue weighted by molar-refractivity contribution is 9.10. The third-order valence-corrected chi connectivity index (χ3v) is 10.5. The fraction of sp³-hybridized carbons (Fsp3) is 0.409. The number of halogens is 2. The highest BCUT2D eigenvalue weighted by atomic mass is 79.9. The summed E-state index contributed by atoms with van der Waals surface area (Å²) in [7, 11) is -0.586. The number of nitrogens with zero attached hydrogens (tertiary/aromatic N) is 5. The van der Waals surface area contributed by atoms with Crippen molar-refractivity contribution >= 4 is 107 Å². The molecule has 3 aromatic carbocycles. The largest absolute Gasteiger partial charge is 0.494 e. The lowest BCUT2D eigenvalue weighted by atomic mass is 9.78. The van der Waals surface area contributed by atoms with Gasteiger partial charge in [0.2, 0.25) is 0 Å². The van der Waals surface area contributed by atoms with Crippen LogP contribution in [0.25, 0.3) is 32.7 Å². The smallest absolute Gasteiger partial charge is 0.442 e. The summed E-state index contributed by atoms with van der Waals surface area (Å²) < 4.78 is 27.0. The van der Waals surface area contributed by atoms with E-state index in [9.17, 15) is 24.0 Å². The minimum absolute atomic E-state index is 0. The molecular formula is C44H53BBr2N6O9. The third-order valence-electron chi connectivity index (χ3n) is 9.53. The number of ether oxygens (including phenoxy) is 2. The van der Waals surface area contributed by atoms with Crippen LogP contribution in [0.15, 0.2) is 63.5 Å². The van der Waals surface area contributed by atoms with E-state index in [1.54, 1.807) is 71.9 Å². The number of carbonyl (C=O) groups excluding carboxylic acids is 5. The molecule has 4 heterocycles. The first-order valence-electron chi connectivity index (χ1n) is 19.3. The lowest BCUT2D eigenvalue weighted by molar-refractivity contribution is 0.00578. The predicted octanol–water partition coefficient (Wildman–Crippen LogP) is 10.3. The number of carbonyl (C=O) groups is 5. The summed E-state index contributed by atoms with van der Waals surface area (Å²) in [5, 5.41) is 17.1. The van der Waals surface area contributed by atoms with Crippen molar-refractivity contribution in [2.24, 2.45) is 0 Å². The number of Topliss-reactive ketones (excluding diaryl/α,β-unsaturated/α-hetero) is 3. The molecule has 15 nitrogen and oxygen atoms in total. The van der Waals surface area contributed by atoms with E-state index in [-0.39, 0.29) is 36.2 Å². The van der Waals surface area contributed by atoms with Crippen molar-refractivity contribution in [1.29, 1.82) is 0 Å². The van der Waals surface area contributed by atoms with Crippen LogP contribution < -0.4 is 5.46 Å². The first-order valence-corrected chi connectivity index (χ1v) is 20.9. The van der Waals surface area contributed by atoms with Gasteiger partial charge in [0, 0.05) is 45.9 Å². The molecule has 1 aliphatic heterocycles. The average Bonchev–Trinajstić information content (AvgIpc) is 3.87. The van der Waals surface area contributed by atoms with E-state index in [2.05, 4.69) is 52.3 Å². The highest BCUT2D eigenvalue weighted by Crippen LogP contribution is 2.37. The second kappa shape index (κ2) is 18.4. The molecule has 0 aliphatic carbocycles. The molecule has 1 N–H and O–H groups in total. The molecule has 330 valence electrons. The van der Waals surface area contributed by atoms with Crippen molar-refractivity contribution in [3.63, 3.8) is 0 Å². The predicted molar refractivity (Wildman–Crippen MR) is 247 cm³/mol. The molecule has 0 atom stereocenters. The van der Waals surface area contributed by atoms with Crippen molar-refractivity contribution < 1.29 is 42.8 Å². The summed E-state index contributed by atoms with van der Waals surface area (Å²) in [6.45, 7) is 22.9. The monoisotopic (exact) mass is 978 g/mol. The number of fused-ring (bicyclic) bond motifs is 3. The molecule has 7 rings (SSSR count). The fourth-order valence-electron chi connectivity index (χ4n) is 6.01. The van der Waals surface area contributed by atoms with E-state index in [1.807, 2.05) is 52.0 Å². The van der Waals surface area contributed by atoms with Crippen LogP contribution in [0.1, 0.15) is 129 Å². The van der Waals surface area contributed by atoms with Gasteiger partial charge in [-0.25, -0.2) is 9.59 Å². The minimum Gasteiger partial charge on any atom is -0.442 e. The summed E-state index contributed by atoms with van der Waals surface area (Å²) in [5.74, 6) is -0.441. The number of ketones is 3. The summed E-state index contributed by atoms with van der Waals surface area (Å²) in [6, 6.07) is 16.3. The van der Waals surface area contributed by atoms with Crippen molar-refractivity contribution in [1.82, 2.24) is 29.8 Å². The van der Waals surface area contributed by atoms with Gasteiger partial charge in [-0.1, -0.05) is 51.4 Å². The van der Waals surface area contributed by atoms with Crippen LogP contribution in [-0.4, -0.2) is 88.8 Å². The van der Waals surface area contributed by atoms with Gasteiger partial charge in [0.1, 0.15) is 28.3 Å². The van der Waals surface area contributed by atoms with E-state index in [0.29, 0.717) is 27.5 Å². The minimum atomic E-state index is -0.685. The van der Waals surface area contributed by atoms with E-state index < -0.39 is 41.7 Å². The number of aromatic nitrogens is 6. The van der Waals surface area contributed by atoms with Crippen LogP contribution in [0, 0.1) is 0 Å². The highest BCUT2D eigenvalue weighted by Gasteiger charge is 2.51. The molecule has 3 aromatic heterocycles. The number of nitrogens with one attached hydrogen (secondary N) is 1. The van der Waals surface area contributed by atoms with E-state index in [4.69, 9.17) is 18.8 Å². The molecular weight excluding hydrogens is 927 g/mol. The van der Waals surface area contributed by atoms with Gasteiger partial charge in [0.15, 0.2) is 17.3 Å². The molecule has 0 saturated carbocycles. The maximum atomic E-state index is 12.7. The standard InChI is InChI=1S/C20H27BN2O5.C14H15BrN2O3.C9H7BrN2O.CH4/c1-12(24)16-14-10-9-13(21-27-19(5,6)20(7,8)28-21)11-15(14)23(22-16)17(25)26-18(2,3)4;1-8(18)12-10-6-5-9(15)7-11(10)17(16-12)13(19)20-14(2,3)4;1-5(13)9-7-3-2-6(10)4-8(7)11-12-9;/h9-11H,1-8H3;5-7H,1-4H3;2-4H,1H3,(H,11,12);1H4. The average molecular weight is 981 g/mol. The quantitative estimate of drug-likeness (QED) is 0.130. The lowest BCUT2D eigenvalue weighted by Crippen LogP contribution is -2.41. The molecule has 1 saturated heterocycles. The molecule has 1 fully saturated rings. The molecule has 62 heavy (non-hydrogen) atoms. The number of aromatic amines is 1. The molecule has 0 radical (unpaired) electrons. The van der Waals surface area contributed by atoms with Crippen molar-refractivity contribution in [2.75, 3.05) is 0 Å². The number of hydrogen-bond donors (Lipinski definition) is 1. The van der Waals surface area contributed by atoms with Crippen molar-refractivity contribution in [3.05, 3.63) is 80.6 Å². The van der Waals surface area contributed by atoms with Gasteiger partial charge in [-0.05, 0) is 117 Å². The Bertz CT molecular complexity index is 2690. The van der Waals surface area contributed by atoms with Gasteiger partial charge in [-0.2, -0.15) is 24.7 Å². The van der Waals surface area contributed by atoms with Gasteiger partial charge in [-0.15, -0.1) is 0 Å². The summed E-state index contributed by atoms with van der Waals surface area (Å²) >= 11 is 6.69. The number of rotatable bonds is 4. The summed E-state index contributed by atoms with van der Waals surface area (Å²) in [6.07, 6.45) is -1.25. The Balaban J connectivity index is 0.000000217. The second-order valence-corrected chi connectivity index (χ2v) is 19.3. The van der Waals surface area contributed by atoms with Crippen LogP contribution in [0.5, 0.6) is 0 Å². The van der Waals surface area contributed by atoms with E-state index in [0.717, 1.165) is 34.7 Å². The zero-order valence-electron chi connectivity index (χ0n) is 36.4.